The molecule has 2 aliphatic rings. The van der Waals surface area contributed by atoms with Gasteiger partial charge in [0.05, 0.1) is 16.3 Å². The van der Waals surface area contributed by atoms with Crippen LogP contribution in [0.25, 0.3) is 11.8 Å². The lowest BCUT2D eigenvalue weighted by Gasteiger charge is -2.30. The minimum Gasteiger partial charge on any atom is -0.507 e. The summed E-state index contributed by atoms with van der Waals surface area (Å²) in [4.78, 5) is 19.4. The van der Waals surface area contributed by atoms with Crippen molar-refractivity contribution in [1.82, 2.24) is 4.57 Å². The summed E-state index contributed by atoms with van der Waals surface area (Å²) in [6, 6.07) is 23.4. The average molecular weight is 515 g/mol. The Hall–Kier alpha value is -3.22. The second-order valence-electron chi connectivity index (χ2n) is 8.22. The molecule has 1 aliphatic heterocycles. The van der Waals surface area contributed by atoms with Gasteiger partial charge in [-0.05, 0) is 53.8 Å². The van der Waals surface area contributed by atoms with Crippen LogP contribution in [-0.2, 0) is 6.42 Å². The highest BCUT2D eigenvalue weighted by atomic mass is 79.9. The Kier molecular flexibility index (Phi) is 4.93. The molecule has 1 aromatic heterocycles. The van der Waals surface area contributed by atoms with Gasteiger partial charge in [-0.25, -0.2) is 4.99 Å². The van der Waals surface area contributed by atoms with Crippen molar-refractivity contribution in [3.05, 3.63) is 125 Å². The van der Waals surface area contributed by atoms with Crippen molar-refractivity contribution < 1.29 is 5.11 Å². The van der Waals surface area contributed by atoms with E-state index in [4.69, 9.17) is 4.99 Å². The molecule has 0 spiro atoms. The van der Waals surface area contributed by atoms with E-state index in [9.17, 15) is 9.90 Å². The minimum atomic E-state index is -0.204. The van der Waals surface area contributed by atoms with Crippen molar-refractivity contribution in [2.45, 2.75) is 18.9 Å². The molecular formula is C27H19BrN2O2S. The molecule has 0 unspecified atom stereocenters. The fraction of sp³-hybridized carbons (Fsp3) is 0.111. The molecular weight excluding hydrogens is 496 g/mol. The van der Waals surface area contributed by atoms with Crippen LogP contribution >= 0.6 is 27.3 Å². The lowest BCUT2D eigenvalue weighted by atomic mass is 9.83. The van der Waals surface area contributed by atoms with E-state index in [0.717, 1.165) is 34.1 Å². The van der Waals surface area contributed by atoms with Crippen LogP contribution in [0.2, 0.25) is 0 Å². The van der Waals surface area contributed by atoms with Crippen LogP contribution in [0.1, 0.15) is 34.7 Å². The first-order valence-electron chi connectivity index (χ1n) is 10.8. The third-order valence-electron chi connectivity index (χ3n) is 6.28. The summed E-state index contributed by atoms with van der Waals surface area (Å²) in [6.45, 7) is 0. The van der Waals surface area contributed by atoms with Gasteiger partial charge in [0.25, 0.3) is 5.56 Å². The predicted octanol–water partition coefficient (Wildman–Crippen LogP) is 4.79. The lowest BCUT2D eigenvalue weighted by molar-refractivity contribution is 0.474. The molecule has 4 nitrogen and oxygen atoms in total. The normalized spacial score (nSPS) is 17.2. The SMILES string of the molecule is O=c1/c(=C/c2ccccc2O)sc2n1[C@H](c1ccc(Br)cc1)C1=C(N=2)c2ccccc2CC1. The van der Waals surface area contributed by atoms with Gasteiger partial charge in [-0.3, -0.25) is 9.36 Å². The van der Waals surface area contributed by atoms with E-state index in [0.29, 0.717) is 14.9 Å². The highest BCUT2D eigenvalue weighted by Gasteiger charge is 2.32. The zero-order valence-corrected chi connectivity index (χ0v) is 19.9. The smallest absolute Gasteiger partial charge is 0.271 e. The number of fused-ring (bicyclic) bond motifs is 3. The standard InChI is InChI=1S/C27H19BrN2O2S/c28-19-12-9-17(10-13-19)25-21-14-11-16-5-1-3-7-20(16)24(21)29-27-30(25)26(32)23(33-27)15-18-6-2-4-8-22(18)31/h1-10,12-13,15,25,31H,11,14H2/b23-15-/t25-/m1/s1. The van der Waals surface area contributed by atoms with Crippen LogP contribution < -0.4 is 14.9 Å². The summed E-state index contributed by atoms with van der Waals surface area (Å²) >= 11 is 4.90. The Balaban J connectivity index is 1.64. The van der Waals surface area contributed by atoms with E-state index in [1.165, 1.54) is 22.5 Å². The molecule has 2 heterocycles. The molecule has 6 heteroatoms. The largest absolute Gasteiger partial charge is 0.507 e. The number of allylic oxidation sites excluding steroid dienone is 1. The number of aryl methyl sites for hydroxylation is 1. The third-order valence-corrected chi connectivity index (χ3v) is 7.79. The Morgan fingerprint density at radius 2 is 1.76 bits per heavy atom. The summed E-state index contributed by atoms with van der Waals surface area (Å²) in [6.07, 6.45) is 3.55. The van der Waals surface area contributed by atoms with E-state index in [-0.39, 0.29) is 17.4 Å². The molecule has 0 amide bonds. The van der Waals surface area contributed by atoms with Crippen molar-refractivity contribution in [3.8, 4) is 5.75 Å². The van der Waals surface area contributed by atoms with E-state index >= 15 is 0 Å². The van der Waals surface area contributed by atoms with Gasteiger partial charge >= 0.3 is 0 Å². The number of rotatable bonds is 2. The first-order valence-corrected chi connectivity index (χ1v) is 12.4. The number of aromatic hydroxyl groups is 1. The number of thiazole rings is 1. The summed E-state index contributed by atoms with van der Waals surface area (Å²) in [5.74, 6) is 0.154. The van der Waals surface area contributed by atoms with Crippen LogP contribution in [0.3, 0.4) is 0 Å². The van der Waals surface area contributed by atoms with E-state index < -0.39 is 0 Å². The highest BCUT2D eigenvalue weighted by molar-refractivity contribution is 9.10. The number of hydrogen-bond donors (Lipinski definition) is 1. The van der Waals surface area contributed by atoms with Gasteiger partial charge in [0.2, 0.25) is 0 Å². The summed E-state index contributed by atoms with van der Waals surface area (Å²) in [5, 5.41) is 10.2. The molecule has 33 heavy (non-hydrogen) atoms. The Morgan fingerprint density at radius 3 is 2.58 bits per heavy atom. The van der Waals surface area contributed by atoms with Crippen molar-refractivity contribution in [1.29, 1.82) is 0 Å². The zero-order valence-electron chi connectivity index (χ0n) is 17.5. The number of hydrogen-bond acceptors (Lipinski definition) is 4. The number of para-hydroxylation sites is 1. The first-order chi connectivity index (χ1) is 16.1. The second kappa shape index (κ2) is 7.97. The number of phenolic OH excluding ortho intramolecular Hbond substituents is 1. The van der Waals surface area contributed by atoms with Crippen LogP contribution in [0.4, 0.5) is 0 Å². The molecule has 162 valence electrons. The monoisotopic (exact) mass is 514 g/mol. The zero-order chi connectivity index (χ0) is 22.5. The highest BCUT2D eigenvalue weighted by Crippen LogP contribution is 2.41. The molecule has 0 saturated heterocycles. The van der Waals surface area contributed by atoms with Gasteiger partial charge in [0, 0.05) is 15.6 Å². The third kappa shape index (κ3) is 3.41. The first kappa shape index (κ1) is 20.4. The molecule has 3 aromatic carbocycles. The van der Waals surface area contributed by atoms with Gasteiger partial charge in [0.15, 0.2) is 4.80 Å². The summed E-state index contributed by atoms with van der Waals surface area (Å²) in [7, 11) is 0. The molecule has 0 radical (unpaired) electrons. The molecule has 0 bridgehead atoms. The number of halogens is 1. The Bertz CT molecular complexity index is 1610. The topological polar surface area (TPSA) is 54.6 Å². The summed E-state index contributed by atoms with van der Waals surface area (Å²) < 4.78 is 3.39. The van der Waals surface area contributed by atoms with Crippen molar-refractivity contribution in [2.75, 3.05) is 0 Å². The Morgan fingerprint density at radius 1 is 1.00 bits per heavy atom. The molecule has 0 fully saturated rings. The van der Waals surface area contributed by atoms with Gasteiger partial charge in [-0.1, -0.05) is 81.9 Å². The van der Waals surface area contributed by atoms with E-state index in [2.05, 4.69) is 46.3 Å². The minimum absolute atomic E-state index is 0.0830. The number of phenols is 1. The van der Waals surface area contributed by atoms with Gasteiger partial charge in [-0.2, -0.15) is 0 Å². The van der Waals surface area contributed by atoms with Crippen molar-refractivity contribution in [2.24, 2.45) is 4.99 Å². The van der Waals surface area contributed by atoms with Crippen LogP contribution in [0.15, 0.2) is 92.6 Å². The van der Waals surface area contributed by atoms with Gasteiger partial charge in [0.1, 0.15) is 5.75 Å². The molecule has 6 rings (SSSR count). The maximum atomic E-state index is 13.7. The van der Waals surface area contributed by atoms with Gasteiger partial charge in [-0.15, -0.1) is 0 Å². The Labute approximate surface area is 202 Å². The van der Waals surface area contributed by atoms with Crippen LogP contribution in [-0.4, -0.2) is 9.67 Å². The molecule has 1 aliphatic carbocycles. The fourth-order valence-electron chi connectivity index (χ4n) is 4.72. The maximum absolute atomic E-state index is 13.7. The predicted molar refractivity (Wildman–Crippen MR) is 135 cm³/mol. The fourth-order valence-corrected chi connectivity index (χ4v) is 5.97. The quantitative estimate of drug-likeness (QED) is 0.418. The summed E-state index contributed by atoms with van der Waals surface area (Å²) in [5.41, 5.74) is 6.22. The van der Waals surface area contributed by atoms with Crippen LogP contribution in [0, 0.1) is 0 Å². The van der Waals surface area contributed by atoms with Crippen molar-refractivity contribution in [3.63, 3.8) is 0 Å². The number of aromatic nitrogens is 1. The van der Waals surface area contributed by atoms with Gasteiger partial charge < -0.3 is 5.11 Å². The van der Waals surface area contributed by atoms with E-state index in [1.807, 2.05) is 28.8 Å². The average Bonchev–Trinajstić information content (AvgIpc) is 3.14. The van der Waals surface area contributed by atoms with E-state index in [1.54, 1.807) is 24.3 Å². The maximum Gasteiger partial charge on any atom is 0.271 e. The molecule has 0 saturated carbocycles. The molecule has 1 N–H and O–H groups in total. The van der Waals surface area contributed by atoms with Crippen molar-refractivity contribution >= 4 is 39.0 Å². The number of benzene rings is 3. The van der Waals surface area contributed by atoms with Crippen LogP contribution in [0.5, 0.6) is 5.75 Å². The molecule has 4 aromatic rings. The lowest BCUT2D eigenvalue weighted by Crippen LogP contribution is -2.38. The second-order valence-corrected chi connectivity index (χ2v) is 10.1. The molecule has 1 atom stereocenters. The number of nitrogens with zero attached hydrogens (tertiary/aromatic N) is 2.